The summed E-state index contributed by atoms with van der Waals surface area (Å²) in [7, 11) is 0. The van der Waals surface area contributed by atoms with E-state index in [0.29, 0.717) is 13.0 Å². The zero-order chi connectivity index (χ0) is 24.3. The number of benzene rings is 3. The second-order valence-corrected chi connectivity index (χ2v) is 10.0. The predicted octanol–water partition coefficient (Wildman–Crippen LogP) is 5.24. The molecular weight excluding hydrogens is 422 g/mol. The van der Waals surface area contributed by atoms with Crippen molar-refractivity contribution in [2.45, 2.75) is 45.1 Å². The molecule has 2 amide bonds. The van der Waals surface area contributed by atoms with Gasteiger partial charge < -0.3 is 11.1 Å². The summed E-state index contributed by atoms with van der Waals surface area (Å²) in [4.78, 5) is 26.8. The largest absolute Gasteiger partial charge is 0.333 e. The minimum absolute atomic E-state index is 0.0165. The number of nitrogens with zero attached hydrogens (tertiary/aromatic N) is 1. The van der Waals surface area contributed by atoms with Gasteiger partial charge in [-0.05, 0) is 46.4 Å². The van der Waals surface area contributed by atoms with Crippen LogP contribution >= 0.6 is 0 Å². The lowest BCUT2D eigenvalue weighted by Crippen LogP contribution is -2.63. The summed E-state index contributed by atoms with van der Waals surface area (Å²) in [5, 5.41) is 3.13. The van der Waals surface area contributed by atoms with Crippen molar-refractivity contribution in [1.29, 1.82) is 0 Å². The summed E-state index contributed by atoms with van der Waals surface area (Å²) in [6, 6.07) is 25.4. The number of likely N-dealkylation sites (tertiary alicyclic amines) is 1. The summed E-state index contributed by atoms with van der Waals surface area (Å²) in [6.45, 7) is 7.01. The number of nitrogens with one attached hydrogen (secondary N) is 1. The molecule has 1 aliphatic heterocycles. The Morgan fingerprint density at radius 2 is 1.62 bits per heavy atom. The van der Waals surface area contributed by atoms with Crippen LogP contribution in [0.15, 0.2) is 78.9 Å². The van der Waals surface area contributed by atoms with Crippen molar-refractivity contribution in [3.63, 3.8) is 0 Å². The first kappa shape index (κ1) is 23.9. The molecule has 176 valence electrons. The Labute approximate surface area is 202 Å². The minimum atomic E-state index is -0.509. The predicted molar refractivity (Wildman–Crippen MR) is 139 cm³/mol. The number of carbonyl (C=O) groups excluding carboxylic acids is 2. The molecule has 3 aromatic rings. The van der Waals surface area contributed by atoms with Crippen molar-refractivity contribution < 1.29 is 9.59 Å². The third kappa shape index (κ3) is 4.41. The highest BCUT2D eigenvalue weighted by molar-refractivity contribution is 6.03. The maximum Gasteiger partial charge on any atom is 0.333 e. The molecule has 3 N–H and O–H groups in total. The van der Waals surface area contributed by atoms with Gasteiger partial charge in [0, 0.05) is 18.5 Å². The first-order valence-electron chi connectivity index (χ1n) is 11.9. The fraction of sp³-hybridized carbons (Fsp3) is 0.310. The summed E-state index contributed by atoms with van der Waals surface area (Å²) in [6.07, 6.45) is 1.43. The van der Waals surface area contributed by atoms with Gasteiger partial charge >= 0.3 is 5.91 Å². The Morgan fingerprint density at radius 1 is 0.971 bits per heavy atom. The number of anilines is 1. The maximum absolute atomic E-state index is 13.6. The van der Waals surface area contributed by atoms with Gasteiger partial charge in [-0.25, -0.2) is 9.28 Å². The Bertz CT molecular complexity index is 1170. The van der Waals surface area contributed by atoms with Gasteiger partial charge in [0.2, 0.25) is 0 Å². The number of hydrogen-bond acceptors (Lipinski definition) is 3. The average molecular weight is 457 g/mol. The summed E-state index contributed by atoms with van der Waals surface area (Å²) in [5.74, 6) is -0.269. The van der Waals surface area contributed by atoms with Crippen LogP contribution in [0.3, 0.4) is 0 Å². The molecular formula is C29H34N3O2+. The Morgan fingerprint density at radius 3 is 2.24 bits per heavy atom. The highest BCUT2D eigenvalue weighted by Gasteiger charge is 2.52. The lowest BCUT2D eigenvalue weighted by molar-refractivity contribution is -0.134. The molecule has 3 aromatic carbocycles. The third-order valence-corrected chi connectivity index (χ3v) is 6.84. The van der Waals surface area contributed by atoms with Crippen LogP contribution < -0.4 is 15.5 Å². The fourth-order valence-electron chi connectivity index (χ4n) is 5.19. The highest BCUT2D eigenvalue weighted by atomic mass is 16.2. The molecule has 5 nitrogen and oxygen atoms in total. The molecule has 0 aliphatic carbocycles. The second-order valence-electron chi connectivity index (χ2n) is 10.0. The maximum atomic E-state index is 13.6. The van der Waals surface area contributed by atoms with E-state index in [2.05, 4.69) is 50.4 Å². The first-order valence-corrected chi connectivity index (χ1v) is 11.9. The van der Waals surface area contributed by atoms with Crippen LogP contribution in [-0.4, -0.2) is 30.9 Å². The van der Waals surface area contributed by atoms with Gasteiger partial charge in [0.05, 0.1) is 6.54 Å². The third-order valence-electron chi connectivity index (χ3n) is 6.84. The SMILES string of the molecule is CC(C)(C)c1cc(NC(=O)[C@@H]2CCC[N+]2(C(=O)CN)c2ccccc2)ccc1-c1ccccc1. The first-order chi connectivity index (χ1) is 16.3. The molecule has 5 heteroatoms. The molecule has 1 aliphatic rings. The van der Waals surface area contributed by atoms with E-state index in [9.17, 15) is 9.59 Å². The minimum Gasteiger partial charge on any atom is -0.321 e. The van der Waals surface area contributed by atoms with Gasteiger partial charge in [-0.3, -0.25) is 4.79 Å². The van der Waals surface area contributed by atoms with E-state index in [-0.39, 0.29) is 28.3 Å². The van der Waals surface area contributed by atoms with Crippen molar-refractivity contribution in [2.75, 3.05) is 18.4 Å². The molecule has 1 heterocycles. The molecule has 0 saturated carbocycles. The molecule has 1 fully saturated rings. The van der Waals surface area contributed by atoms with Crippen molar-refractivity contribution in [2.24, 2.45) is 5.73 Å². The van der Waals surface area contributed by atoms with Crippen LogP contribution in [-0.2, 0) is 15.0 Å². The Kier molecular flexibility index (Phi) is 6.69. The Hall–Kier alpha value is -3.28. The van der Waals surface area contributed by atoms with Crippen LogP contribution in [0, 0.1) is 0 Å². The zero-order valence-electron chi connectivity index (χ0n) is 20.3. The lowest BCUT2D eigenvalue weighted by atomic mass is 9.81. The van der Waals surface area contributed by atoms with Gasteiger partial charge in [-0.2, -0.15) is 0 Å². The van der Waals surface area contributed by atoms with E-state index in [0.717, 1.165) is 34.5 Å². The monoisotopic (exact) mass is 456 g/mol. The van der Waals surface area contributed by atoms with E-state index in [1.165, 1.54) is 0 Å². The molecule has 34 heavy (non-hydrogen) atoms. The van der Waals surface area contributed by atoms with Gasteiger partial charge in [-0.15, -0.1) is 0 Å². The molecule has 0 spiro atoms. The van der Waals surface area contributed by atoms with E-state index in [4.69, 9.17) is 5.73 Å². The van der Waals surface area contributed by atoms with E-state index >= 15 is 0 Å². The lowest BCUT2D eigenvalue weighted by Gasteiger charge is -2.36. The van der Waals surface area contributed by atoms with Crippen LogP contribution in [0.1, 0.15) is 39.2 Å². The van der Waals surface area contributed by atoms with E-state index < -0.39 is 6.04 Å². The molecule has 1 saturated heterocycles. The molecule has 0 aromatic heterocycles. The number of quaternary nitrogens is 1. The standard InChI is InChI=1S/C29H33N3O2/c1-29(2,3)25-19-22(16-17-24(25)21-11-6-4-7-12-21)31-28(34)26-15-10-18-32(26,27(33)20-30)23-13-8-5-9-14-23/h4-9,11-14,16-17,19,26H,10,15,18,20,30H2,1-3H3/p+1/t26-,32?/m0/s1. The average Bonchev–Trinajstić information content (AvgIpc) is 3.30. The van der Waals surface area contributed by atoms with Gasteiger partial charge in [0.15, 0.2) is 6.04 Å². The fourth-order valence-corrected chi connectivity index (χ4v) is 5.19. The topological polar surface area (TPSA) is 72.2 Å². The molecule has 0 bridgehead atoms. The zero-order valence-corrected chi connectivity index (χ0v) is 20.3. The van der Waals surface area contributed by atoms with Crippen molar-refractivity contribution in [3.05, 3.63) is 84.4 Å². The van der Waals surface area contributed by atoms with Gasteiger partial charge in [-0.1, -0.05) is 75.4 Å². The quantitative estimate of drug-likeness (QED) is 0.516. The molecule has 0 radical (unpaired) electrons. The normalized spacial score (nSPS) is 20.2. The highest BCUT2D eigenvalue weighted by Crippen LogP contribution is 2.37. The number of amides is 2. The number of hydrogen-bond donors (Lipinski definition) is 2. The van der Waals surface area contributed by atoms with Crippen molar-refractivity contribution in [1.82, 2.24) is 4.48 Å². The van der Waals surface area contributed by atoms with Gasteiger partial charge in [0.25, 0.3) is 5.91 Å². The van der Waals surface area contributed by atoms with Crippen LogP contribution in [0.4, 0.5) is 11.4 Å². The van der Waals surface area contributed by atoms with Crippen molar-refractivity contribution in [3.8, 4) is 11.1 Å². The number of carbonyl (C=O) groups is 2. The van der Waals surface area contributed by atoms with Crippen LogP contribution in [0.2, 0.25) is 0 Å². The van der Waals surface area contributed by atoms with Gasteiger partial charge in [0.1, 0.15) is 12.2 Å². The summed E-state index contributed by atoms with van der Waals surface area (Å²) < 4.78 is -0.0165. The van der Waals surface area contributed by atoms with Crippen LogP contribution in [0.25, 0.3) is 11.1 Å². The smallest absolute Gasteiger partial charge is 0.321 e. The number of para-hydroxylation sites is 1. The molecule has 1 unspecified atom stereocenters. The molecule has 2 atom stereocenters. The van der Waals surface area contributed by atoms with E-state index in [1.54, 1.807) is 0 Å². The number of nitrogens with two attached hydrogens (primary N) is 1. The number of rotatable bonds is 5. The van der Waals surface area contributed by atoms with Crippen molar-refractivity contribution >= 4 is 23.2 Å². The molecule has 4 rings (SSSR count). The second kappa shape index (κ2) is 9.53. The van der Waals surface area contributed by atoms with E-state index in [1.807, 2.05) is 54.6 Å². The Balaban J connectivity index is 1.69. The summed E-state index contributed by atoms with van der Waals surface area (Å²) in [5.41, 5.74) is 10.7. The van der Waals surface area contributed by atoms with Crippen LogP contribution in [0.5, 0.6) is 0 Å². The summed E-state index contributed by atoms with van der Waals surface area (Å²) >= 11 is 0.